The summed E-state index contributed by atoms with van der Waals surface area (Å²) < 4.78 is 5.22. The normalized spacial score (nSPS) is 35.3. The van der Waals surface area contributed by atoms with Crippen molar-refractivity contribution in [2.45, 2.75) is 69.9 Å². The van der Waals surface area contributed by atoms with Gasteiger partial charge in [-0.05, 0) is 75.3 Å². The van der Waals surface area contributed by atoms with Gasteiger partial charge in [0.2, 0.25) is 11.8 Å². The number of hydrogen-bond acceptors (Lipinski definition) is 4. The number of nitrogens with zero attached hydrogens (tertiary/aromatic N) is 1. The van der Waals surface area contributed by atoms with Gasteiger partial charge < -0.3 is 20.0 Å². The van der Waals surface area contributed by atoms with Gasteiger partial charge >= 0.3 is 0 Å². The van der Waals surface area contributed by atoms with Gasteiger partial charge in [-0.2, -0.15) is 0 Å². The monoisotopic (exact) mass is 413 g/mol. The molecule has 7 heteroatoms. The molecule has 4 aliphatic carbocycles. The molecule has 1 aliphatic heterocycles. The average Bonchev–Trinajstić information content (AvgIpc) is 3.20. The van der Waals surface area contributed by atoms with Crippen molar-refractivity contribution in [1.29, 1.82) is 0 Å². The van der Waals surface area contributed by atoms with Crippen LogP contribution >= 0.6 is 0 Å². The van der Waals surface area contributed by atoms with E-state index >= 15 is 0 Å². The molecule has 0 aromatic carbocycles. The number of nitrogens with one attached hydrogen (secondary N) is 2. The van der Waals surface area contributed by atoms with Crippen LogP contribution in [0.1, 0.15) is 68.8 Å². The van der Waals surface area contributed by atoms with Crippen molar-refractivity contribution in [3.05, 3.63) is 24.2 Å². The first-order chi connectivity index (χ1) is 14.4. The zero-order valence-electron chi connectivity index (χ0n) is 17.6. The maximum Gasteiger partial charge on any atom is 0.289 e. The third-order valence-electron chi connectivity index (χ3n) is 7.83. The lowest BCUT2D eigenvalue weighted by atomic mass is 9.46. The summed E-state index contributed by atoms with van der Waals surface area (Å²) in [6.07, 6.45) is 8.95. The summed E-state index contributed by atoms with van der Waals surface area (Å²) in [5.41, 5.74) is -0.528. The Kier molecular flexibility index (Phi) is 4.67. The van der Waals surface area contributed by atoms with Crippen molar-refractivity contribution in [1.82, 2.24) is 15.5 Å². The van der Waals surface area contributed by atoms with Gasteiger partial charge in [0.05, 0.1) is 11.7 Å². The van der Waals surface area contributed by atoms with Crippen LogP contribution in [0.4, 0.5) is 0 Å². The number of furan rings is 1. The van der Waals surface area contributed by atoms with E-state index in [4.69, 9.17) is 4.42 Å². The Labute approximate surface area is 176 Å². The fraction of sp³-hybridized carbons (Fsp3) is 0.696. The highest BCUT2D eigenvalue weighted by Crippen LogP contribution is 2.61. The summed E-state index contributed by atoms with van der Waals surface area (Å²) in [5.74, 6) is 1.55. The SMILES string of the molecule is CC(=O)NC12CC3CC(C1)CC(C(=O)NC1CCN(C(=O)c4ccco4)CC1)(C3)C2. The van der Waals surface area contributed by atoms with Crippen LogP contribution < -0.4 is 10.6 Å². The average molecular weight is 414 g/mol. The summed E-state index contributed by atoms with van der Waals surface area (Å²) in [5, 5.41) is 6.56. The van der Waals surface area contributed by atoms with Crippen molar-refractivity contribution in [2.75, 3.05) is 13.1 Å². The molecule has 4 bridgehead atoms. The molecule has 7 nitrogen and oxygen atoms in total. The van der Waals surface area contributed by atoms with Gasteiger partial charge in [0.1, 0.15) is 0 Å². The number of amides is 3. The van der Waals surface area contributed by atoms with E-state index in [0.29, 0.717) is 30.7 Å². The van der Waals surface area contributed by atoms with E-state index in [0.717, 1.165) is 44.9 Å². The van der Waals surface area contributed by atoms with Gasteiger partial charge in [0.15, 0.2) is 5.76 Å². The van der Waals surface area contributed by atoms with Crippen LogP contribution in [0.3, 0.4) is 0 Å². The van der Waals surface area contributed by atoms with Crippen LogP contribution in [0.2, 0.25) is 0 Å². The molecule has 5 fully saturated rings. The van der Waals surface area contributed by atoms with Crippen molar-refractivity contribution < 1.29 is 18.8 Å². The van der Waals surface area contributed by atoms with Crippen LogP contribution in [-0.4, -0.2) is 47.3 Å². The third kappa shape index (κ3) is 3.42. The standard InChI is InChI=1S/C23H31N3O4/c1-15(27)25-23-12-16-9-17(13-23)11-22(10-16,14-23)21(29)24-18-4-6-26(7-5-18)20(28)19-3-2-8-30-19/h2-3,8,16-18H,4-7,9-14H2,1H3,(H,24,29)(H,25,27). The molecule has 5 aliphatic rings. The van der Waals surface area contributed by atoms with E-state index < -0.39 is 0 Å². The van der Waals surface area contributed by atoms with Gasteiger partial charge in [-0.3, -0.25) is 14.4 Å². The first-order valence-electron chi connectivity index (χ1n) is 11.3. The minimum Gasteiger partial charge on any atom is -0.459 e. The van der Waals surface area contributed by atoms with E-state index in [2.05, 4.69) is 10.6 Å². The molecule has 0 radical (unpaired) electrons. The van der Waals surface area contributed by atoms with E-state index in [1.165, 1.54) is 12.7 Å². The lowest BCUT2D eigenvalue weighted by Crippen LogP contribution is -2.66. The zero-order chi connectivity index (χ0) is 20.9. The lowest BCUT2D eigenvalue weighted by molar-refractivity contribution is -0.154. The molecule has 1 saturated heterocycles. The van der Waals surface area contributed by atoms with Crippen LogP contribution in [0, 0.1) is 17.3 Å². The smallest absolute Gasteiger partial charge is 0.289 e. The van der Waals surface area contributed by atoms with Crippen molar-refractivity contribution in [3.63, 3.8) is 0 Å². The van der Waals surface area contributed by atoms with Crippen LogP contribution in [0.25, 0.3) is 0 Å². The first kappa shape index (κ1) is 19.6. The predicted molar refractivity (Wildman–Crippen MR) is 109 cm³/mol. The summed E-state index contributed by atoms with van der Waals surface area (Å²) in [7, 11) is 0. The van der Waals surface area contributed by atoms with Crippen molar-refractivity contribution in [3.8, 4) is 0 Å². The Morgan fingerprint density at radius 1 is 1.10 bits per heavy atom. The van der Waals surface area contributed by atoms with Gasteiger partial charge in [0, 0.05) is 31.6 Å². The third-order valence-corrected chi connectivity index (χ3v) is 7.83. The van der Waals surface area contributed by atoms with Gasteiger partial charge in [-0.15, -0.1) is 0 Å². The topological polar surface area (TPSA) is 91.7 Å². The Bertz CT molecular complexity index is 827. The lowest BCUT2D eigenvalue weighted by Gasteiger charge is -2.61. The minimum atomic E-state index is -0.340. The molecule has 1 aromatic heterocycles. The zero-order valence-corrected chi connectivity index (χ0v) is 17.6. The molecule has 2 atom stereocenters. The molecule has 2 unspecified atom stereocenters. The second-order valence-electron chi connectivity index (χ2n) is 10.2. The molecule has 2 N–H and O–H groups in total. The van der Waals surface area contributed by atoms with Gasteiger partial charge in [-0.1, -0.05) is 0 Å². The van der Waals surface area contributed by atoms with E-state index in [-0.39, 0.29) is 34.7 Å². The maximum absolute atomic E-state index is 13.5. The highest BCUT2D eigenvalue weighted by molar-refractivity contribution is 5.91. The molecule has 2 heterocycles. The largest absolute Gasteiger partial charge is 0.459 e. The fourth-order valence-electron chi connectivity index (χ4n) is 7.17. The van der Waals surface area contributed by atoms with Crippen LogP contribution in [0.15, 0.2) is 22.8 Å². The fourth-order valence-corrected chi connectivity index (χ4v) is 7.17. The summed E-state index contributed by atoms with van der Waals surface area (Å²) >= 11 is 0. The molecular weight excluding hydrogens is 382 g/mol. The molecule has 30 heavy (non-hydrogen) atoms. The summed E-state index contributed by atoms with van der Waals surface area (Å²) in [4.78, 5) is 39.6. The molecule has 6 rings (SSSR count). The van der Waals surface area contributed by atoms with Crippen LogP contribution in [-0.2, 0) is 9.59 Å². The molecule has 4 saturated carbocycles. The Morgan fingerprint density at radius 2 is 1.80 bits per heavy atom. The molecule has 0 spiro atoms. The first-order valence-corrected chi connectivity index (χ1v) is 11.3. The number of piperidine rings is 1. The molecule has 1 aromatic rings. The van der Waals surface area contributed by atoms with E-state index in [9.17, 15) is 14.4 Å². The molecule has 162 valence electrons. The second-order valence-corrected chi connectivity index (χ2v) is 10.2. The number of hydrogen-bond donors (Lipinski definition) is 2. The Morgan fingerprint density at radius 3 is 2.40 bits per heavy atom. The minimum absolute atomic E-state index is 0.0149. The van der Waals surface area contributed by atoms with Crippen molar-refractivity contribution >= 4 is 17.7 Å². The highest BCUT2D eigenvalue weighted by atomic mass is 16.3. The Balaban J connectivity index is 1.22. The molecule has 3 amide bonds. The Hall–Kier alpha value is -2.31. The van der Waals surface area contributed by atoms with Gasteiger partial charge in [-0.25, -0.2) is 0 Å². The summed E-state index contributed by atoms with van der Waals surface area (Å²) in [6.45, 7) is 2.83. The predicted octanol–water partition coefficient (Wildman–Crippen LogP) is 2.48. The van der Waals surface area contributed by atoms with Gasteiger partial charge in [0.25, 0.3) is 5.91 Å². The second kappa shape index (κ2) is 7.13. The number of carbonyl (C=O) groups is 3. The van der Waals surface area contributed by atoms with E-state index in [1.54, 1.807) is 24.0 Å². The number of likely N-dealkylation sites (tertiary alicyclic amines) is 1. The summed E-state index contributed by atoms with van der Waals surface area (Å²) in [6, 6.07) is 3.51. The van der Waals surface area contributed by atoms with E-state index in [1.807, 2.05) is 0 Å². The highest BCUT2D eigenvalue weighted by Gasteiger charge is 2.61. The van der Waals surface area contributed by atoms with Crippen molar-refractivity contribution in [2.24, 2.45) is 17.3 Å². The number of rotatable bonds is 4. The number of carbonyl (C=O) groups excluding carboxylic acids is 3. The quantitative estimate of drug-likeness (QED) is 0.793. The van der Waals surface area contributed by atoms with Crippen LogP contribution in [0.5, 0.6) is 0 Å². The maximum atomic E-state index is 13.5. The molecular formula is C23H31N3O4.